The van der Waals surface area contributed by atoms with E-state index in [1.807, 2.05) is 0 Å². The van der Waals surface area contributed by atoms with Crippen LogP contribution in [0.4, 0.5) is 11.4 Å². The third kappa shape index (κ3) is 3.10. The molecule has 0 aliphatic rings. The lowest BCUT2D eigenvalue weighted by Crippen LogP contribution is -2.24. The molecule has 1 heterocycles. The molecule has 0 saturated carbocycles. The van der Waals surface area contributed by atoms with Gasteiger partial charge in [-0.15, -0.1) is 11.3 Å². The maximum absolute atomic E-state index is 12.0. The van der Waals surface area contributed by atoms with Crippen molar-refractivity contribution >= 4 is 32.7 Å². The molecule has 2 rings (SSSR count). The standard InChI is InChI=1S/C10H10N4O4S2/c11-9-3-8(14(15)16)1-2-10(9)20(17,18)13-4-7-5-19-6-12-7/h1-3,5-6,13H,4,11H2. The van der Waals surface area contributed by atoms with Crippen LogP contribution in [0.1, 0.15) is 5.69 Å². The van der Waals surface area contributed by atoms with Crippen molar-refractivity contribution in [3.63, 3.8) is 0 Å². The number of hydrogen-bond acceptors (Lipinski definition) is 7. The Kier molecular flexibility index (Phi) is 3.97. The van der Waals surface area contributed by atoms with Crippen molar-refractivity contribution < 1.29 is 13.3 Å². The highest BCUT2D eigenvalue weighted by Crippen LogP contribution is 2.23. The van der Waals surface area contributed by atoms with Gasteiger partial charge in [0.15, 0.2) is 0 Å². The van der Waals surface area contributed by atoms with Gasteiger partial charge in [-0.3, -0.25) is 10.1 Å². The number of anilines is 1. The zero-order valence-corrected chi connectivity index (χ0v) is 11.6. The molecular weight excluding hydrogens is 304 g/mol. The molecule has 10 heteroatoms. The van der Waals surface area contributed by atoms with Gasteiger partial charge in [0.1, 0.15) is 4.90 Å². The van der Waals surface area contributed by atoms with Gasteiger partial charge in [-0.1, -0.05) is 0 Å². The van der Waals surface area contributed by atoms with Crippen LogP contribution in [-0.4, -0.2) is 18.3 Å². The Morgan fingerprint density at radius 1 is 1.45 bits per heavy atom. The first-order valence-electron chi connectivity index (χ1n) is 5.31. The monoisotopic (exact) mass is 314 g/mol. The SMILES string of the molecule is Nc1cc([N+](=O)[O-])ccc1S(=O)(=O)NCc1cscn1. The summed E-state index contributed by atoms with van der Waals surface area (Å²) in [7, 11) is -3.84. The van der Waals surface area contributed by atoms with Crippen molar-refractivity contribution in [1.82, 2.24) is 9.71 Å². The number of nitrogens with two attached hydrogens (primary N) is 1. The minimum absolute atomic E-state index is 0.0300. The fourth-order valence-electron chi connectivity index (χ4n) is 1.47. The second-order valence-corrected chi connectivity index (χ2v) is 6.24. The van der Waals surface area contributed by atoms with Crippen LogP contribution in [0.25, 0.3) is 0 Å². The number of thiazole rings is 1. The molecule has 3 N–H and O–H groups in total. The summed E-state index contributed by atoms with van der Waals surface area (Å²) in [6, 6.07) is 3.21. The number of nitro groups is 1. The number of nitro benzene ring substituents is 1. The third-order valence-corrected chi connectivity index (χ3v) is 4.53. The van der Waals surface area contributed by atoms with E-state index in [9.17, 15) is 18.5 Å². The van der Waals surface area contributed by atoms with E-state index in [0.29, 0.717) is 5.69 Å². The summed E-state index contributed by atoms with van der Waals surface area (Å²) in [4.78, 5) is 13.7. The van der Waals surface area contributed by atoms with Crippen molar-refractivity contribution in [3.8, 4) is 0 Å². The number of nitrogens with one attached hydrogen (secondary N) is 1. The maximum Gasteiger partial charge on any atom is 0.271 e. The van der Waals surface area contributed by atoms with Crippen LogP contribution in [0.2, 0.25) is 0 Å². The summed E-state index contributed by atoms with van der Waals surface area (Å²) in [6.45, 7) is 0.0300. The second kappa shape index (κ2) is 5.53. The van der Waals surface area contributed by atoms with Crippen LogP contribution in [-0.2, 0) is 16.6 Å². The van der Waals surface area contributed by atoms with Gasteiger partial charge in [0.2, 0.25) is 10.0 Å². The molecule has 0 fully saturated rings. The Labute approximate surface area is 118 Å². The Balaban J connectivity index is 2.23. The van der Waals surface area contributed by atoms with Gasteiger partial charge in [0.25, 0.3) is 5.69 Å². The topological polar surface area (TPSA) is 128 Å². The molecule has 1 aromatic carbocycles. The predicted molar refractivity (Wildman–Crippen MR) is 73.6 cm³/mol. The van der Waals surface area contributed by atoms with Gasteiger partial charge in [0.05, 0.1) is 28.4 Å². The van der Waals surface area contributed by atoms with E-state index in [1.54, 1.807) is 10.9 Å². The van der Waals surface area contributed by atoms with Gasteiger partial charge < -0.3 is 5.73 Å². The molecule has 0 atom stereocenters. The second-order valence-electron chi connectivity index (χ2n) is 3.78. The summed E-state index contributed by atoms with van der Waals surface area (Å²) in [5, 5.41) is 12.3. The molecule has 0 aliphatic heterocycles. The highest BCUT2D eigenvalue weighted by atomic mass is 32.2. The fourth-order valence-corrected chi connectivity index (χ4v) is 3.13. The summed E-state index contributed by atoms with van der Waals surface area (Å²) in [6.07, 6.45) is 0. The van der Waals surface area contributed by atoms with Crippen LogP contribution in [0.5, 0.6) is 0 Å². The van der Waals surface area contributed by atoms with E-state index >= 15 is 0 Å². The number of sulfonamides is 1. The number of nitrogen functional groups attached to an aromatic ring is 1. The Morgan fingerprint density at radius 2 is 2.20 bits per heavy atom. The quantitative estimate of drug-likeness (QED) is 0.483. The molecule has 8 nitrogen and oxygen atoms in total. The molecule has 2 aromatic rings. The molecule has 0 amide bonds. The minimum Gasteiger partial charge on any atom is -0.397 e. The lowest BCUT2D eigenvalue weighted by molar-refractivity contribution is -0.384. The summed E-state index contributed by atoms with van der Waals surface area (Å²) < 4.78 is 26.4. The van der Waals surface area contributed by atoms with Gasteiger partial charge in [-0.05, 0) is 6.07 Å². The first-order chi connectivity index (χ1) is 9.40. The van der Waals surface area contributed by atoms with Crippen LogP contribution < -0.4 is 10.5 Å². The van der Waals surface area contributed by atoms with E-state index in [1.165, 1.54) is 11.3 Å². The van der Waals surface area contributed by atoms with Crippen LogP contribution in [0, 0.1) is 10.1 Å². The van der Waals surface area contributed by atoms with Gasteiger partial charge in [-0.2, -0.15) is 0 Å². The summed E-state index contributed by atoms with van der Waals surface area (Å²) in [5.41, 5.74) is 7.29. The highest BCUT2D eigenvalue weighted by Gasteiger charge is 2.20. The number of hydrogen-bond donors (Lipinski definition) is 2. The third-order valence-electron chi connectivity index (χ3n) is 2.42. The van der Waals surface area contributed by atoms with Crippen LogP contribution in [0.15, 0.2) is 34.0 Å². The lowest BCUT2D eigenvalue weighted by atomic mass is 10.3. The molecule has 0 bridgehead atoms. The van der Waals surface area contributed by atoms with Crippen LogP contribution in [0.3, 0.4) is 0 Å². The Hall–Kier alpha value is -2.04. The van der Waals surface area contributed by atoms with Crippen LogP contribution >= 0.6 is 11.3 Å². The van der Waals surface area contributed by atoms with Crippen molar-refractivity contribution in [2.24, 2.45) is 0 Å². The highest BCUT2D eigenvalue weighted by molar-refractivity contribution is 7.89. The molecule has 20 heavy (non-hydrogen) atoms. The number of benzene rings is 1. The molecule has 0 saturated heterocycles. The molecule has 1 aromatic heterocycles. The van der Waals surface area contributed by atoms with Gasteiger partial charge >= 0.3 is 0 Å². The van der Waals surface area contributed by atoms with E-state index in [0.717, 1.165) is 18.2 Å². The van der Waals surface area contributed by atoms with E-state index in [4.69, 9.17) is 5.73 Å². The molecule has 0 radical (unpaired) electrons. The van der Waals surface area contributed by atoms with Crippen molar-refractivity contribution in [1.29, 1.82) is 0 Å². The van der Waals surface area contributed by atoms with Gasteiger partial charge in [-0.25, -0.2) is 18.1 Å². The zero-order valence-electron chi connectivity index (χ0n) is 10.0. The minimum atomic E-state index is -3.84. The molecular formula is C10H10N4O4S2. The van der Waals surface area contributed by atoms with Crippen molar-refractivity contribution in [2.45, 2.75) is 11.4 Å². The number of rotatable bonds is 5. The van der Waals surface area contributed by atoms with E-state index < -0.39 is 14.9 Å². The zero-order chi connectivity index (χ0) is 14.8. The number of non-ortho nitro benzene ring substituents is 1. The largest absolute Gasteiger partial charge is 0.397 e. The van der Waals surface area contributed by atoms with E-state index in [2.05, 4.69) is 9.71 Å². The predicted octanol–water partition coefficient (Wildman–Crippen LogP) is 1.11. The number of nitrogens with zero attached hydrogens (tertiary/aromatic N) is 2. The first kappa shape index (κ1) is 14.4. The maximum atomic E-state index is 12.0. The normalized spacial score (nSPS) is 11.4. The van der Waals surface area contributed by atoms with E-state index in [-0.39, 0.29) is 22.8 Å². The summed E-state index contributed by atoms with van der Waals surface area (Å²) >= 11 is 1.35. The first-order valence-corrected chi connectivity index (χ1v) is 7.73. The molecule has 0 aliphatic carbocycles. The molecule has 0 spiro atoms. The average molecular weight is 314 g/mol. The van der Waals surface area contributed by atoms with Crippen molar-refractivity contribution in [3.05, 3.63) is 44.9 Å². The molecule has 0 unspecified atom stereocenters. The smallest absolute Gasteiger partial charge is 0.271 e. The fraction of sp³-hybridized carbons (Fsp3) is 0.100. The van der Waals surface area contributed by atoms with Crippen molar-refractivity contribution in [2.75, 3.05) is 5.73 Å². The summed E-state index contributed by atoms with van der Waals surface area (Å²) in [5.74, 6) is 0. The average Bonchev–Trinajstić information content (AvgIpc) is 2.89. The number of aromatic nitrogens is 1. The molecule has 106 valence electrons. The Morgan fingerprint density at radius 3 is 2.75 bits per heavy atom. The van der Waals surface area contributed by atoms with Gasteiger partial charge in [0, 0.05) is 17.5 Å². The Bertz CT molecular complexity index is 728. The lowest BCUT2D eigenvalue weighted by Gasteiger charge is -2.07.